The number of anilines is 1. The molecule has 0 bridgehead atoms. The van der Waals surface area contributed by atoms with Gasteiger partial charge in [0.15, 0.2) is 5.82 Å². The van der Waals surface area contributed by atoms with E-state index in [4.69, 9.17) is 11.6 Å². The molecule has 0 saturated carbocycles. The monoisotopic (exact) mass is 479 g/mol. The summed E-state index contributed by atoms with van der Waals surface area (Å²) in [5, 5.41) is 0.416. The normalized spacial score (nSPS) is 13.6. The van der Waals surface area contributed by atoms with Gasteiger partial charge in [0.2, 0.25) is 10.0 Å². The molecule has 0 unspecified atom stereocenters. The van der Waals surface area contributed by atoms with Crippen molar-refractivity contribution in [2.24, 2.45) is 4.99 Å². The minimum Gasteiger partial charge on any atom is -0.283 e. The van der Waals surface area contributed by atoms with Gasteiger partial charge in [-0.2, -0.15) is 13.2 Å². The van der Waals surface area contributed by atoms with Gasteiger partial charge in [-0.15, -0.1) is 0 Å². The number of aryl methyl sites for hydroxylation is 1. The first-order valence-electron chi connectivity index (χ1n) is 9.50. The number of rotatable bonds is 5. The lowest BCUT2D eigenvalue weighted by Gasteiger charge is -2.12. The van der Waals surface area contributed by atoms with Gasteiger partial charge in [0.1, 0.15) is 0 Å². The summed E-state index contributed by atoms with van der Waals surface area (Å²) in [7, 11) is -3.87. The van der Waals surface area contributed by atoms with Gasteiger partial charge in [-0.25, -0.2) is 18.4 Å². The summed E-state index contributed by atoms with van der Waals surface area (Å²) in [6, 6.07) is 10.7. The second-order valence-corrected chi connectivity index (χ2v) is 9.61. The molecule has 5 nitrogen and oxygen atoms in total. The summed E-state index contributed by atoms with van der Waals surface area (Å²) in [5.74, 6) is 0.133. The molecule has 1 aliphatic rings. The van der Waals surface area contributed by atoms with Crippen LogP contribution >= 0.6 is 11.6 Å². The van der Waals surface area contributed by atoms with Crippen molar-refractivity contribution in [2.75, 3.05) is 4.72 Å². The predicted octanol–water partition coefficient (Wildman–Crippen LogP) is 5.68. The van der Waals surface area contributed by atoms with E-state index in [1.54, 1.807) is 18.3 Å². The van der Waals surface area contributed by atoms with Crippen molar-refractivity contribution in [1.29, 1.82) is 0 Å². The Kier molecular flexibility index (Phi) is 5.72. The van der Waals surface area contributed by atoms with Crippen LogP contribution in [0.3, 0.4) is 0 Å². The fraction of sp³-hybridized carbons (Fsp3) is 0.182. The van der Waals surface area contributed by atoms with Crippen molar-refractivity contribution in [3.63, 3.8) is 0 Å². The molecule has 0 saturated heterocycles. The molecule has 1 N–H and O–H groups in total. The number of nitrogens with one attached hydrogen (secondary N) is 1. The molecule has 2 aromatic carbocycles. The SMILES string of the molecule is Cc1cnc2c(c1)CC(c1cc(NS(=O)(=O)Cc3ccc(C(F)(F)F)cc3)ccc1Cl)=N2. The summed E-state index contributed by atoms with van der Waals surface area (Å²) in [6.45, 7) is 1.93. The number of benzene rings is 2. The van der Waals surface area contributed by atoms with Gasteiger partial charge in [-0.05, 0) is 48.4 Å². The molecular formula is C22H17ClF3N3O2S. The number of hydrogen-bond donors (Lipinski definition) is 1. The highest BCUT2D eigenvalue weighted by atomic mass is 35.5. The molecule has 3 aromatic rings. The molecule has 2 heterocycles. The maximum absolute atomic E-state index is 12.7. The second-order valence-electron chi connectivity index (χ2n) is 7.48. The summed E-state index contributed by atoms with van der Waals surface area (Å²) in [4.78, 5) is 8.81. The summed E-state index contributed by atoms with van der Waals surface area (Å²) in [6.07, 6.45) is -2.24. The first-order valence-corrected chi connectivity index (χ1v) is 11.5. The number of fused-ring (bicyclic) bond motifs is 1. The van der Waals surface area contributed by atoms with Crippen molar-refractivity contribution >= 4 is 38.8 Å². The quantitative estimate of drug-likeness (QED) is 0.511. The van der Waals surface area contributed by atoms with Crippen molar-refractivity contribution in [3.05, 3.63) is 87.6 Å². The Morgan fingerprint density at radius 1 is 1.09 bits per heavy atom. The van der Waals surface area contributed by atoms with Crippen molar-refractivity contribution in [3.8, 4) is 0 Å². The molecule has 32 heavy (non-hydrogen) atoms. The number of sulfonamides is 1. The van der Waals surface area contributed by atoms with Crippen molar-refractivity contribution < 1.29 is 21.6 Å². The maximum Gasteiger partial charge on any atom is 0.416 e. The Hall–Kier alpha value is -2.91. The van der Waals surface area contributed by atoms with Crippen LogP contribution in [0.25, 0.3) is 0 Å². The minimum absolute atomic E-state index is 0.233. The zero-order valence-electron chi connectivity index (χ0n) is 16.7. The predicted molar refractivity (Wildman–Crippen MR) is 118 cm³/mol. The van der Waals surface area contributed by atoms with E-state index in [1.807, 2.05) is 13.0 Å². The van der Waals surface area contributed by atoms with Crippen LogP contribution in [0.15, 0.2) is 59.7 Å². The van der Waals surface area contributed by atoms with Crippen LogP contribution in [-0.4, -0.2) is 19.1 Å². The maximum atomic E-state index is 12.7. The molecule has 0 radical (unpaired) electrons. The van der Waals surface area contributed by atoms with E-state index in [9.17, 15) is 21.6 Å². The van der Waals surface area contributed by atoms with E-state index in [1.165, 1.54) is 6.07 Å². The number of aliphatic imine (C=N–C) groups is 1. The number of aromatic nitrogens is 1. The standard InChI is InChI=1S/C22H17ClF3N3O2S/c1-13-8-15-9-20(28-21(15)27-11-13)18-10-17(6-7-19(18)23)29-32(30,31)12-14-2-4-16(5-3-14)22(24,25)26/h2-8,10-11,29H,9,12H2,1H3. The van der Waals surface area contributed by atoms with Gasteiger partial charge in [0, 0.05) is 34.5 Å². The Morgan fingerprint density at radius 2 is 1.81 bits per heavy atom. The lowest BCUT2D eigenvalue weighted by atomic mass is 10.0. The molecule has 1 aliphatic heterocycles. The topological polar surface area (TPSA) is 71.4 Å². The first kappa shape index (κ1) is 22.3. The largest absolute Gasteiger partial charge is 0.416 e. The molecule has 0 spiro atoms. The highest BCUT2D eigenvalue weighted by molar-refractivity contribution is 7.91. The second kappa shape index (κ2) is 8.22. The lowest BCUT2D eigenvalue weighted by Crippen LogP contribution is -2.16. The van der Waals surface area contributed by atoms with Crippen LogP contribution < -0.4 is 4.72 Å². The fourth-order valence-electron chi connectivity index (χ4n) is 3.39. The van der Waals surface area contributed by atoms with Crippen LogP contribution in [-0.2, 0) is 28.4 Å². The highest BCUT2D eigenvalue weighted by Gasteiger charge is 2.30. The smallest absolute Gasteiger partial charge is 0.283 e. The van der Waals surface area contributed by atoms with Crippen LogP contribution in [0.1, 0.15) is 27.8 Å². The van der Waals surface area contributed by atoms with E-state index in [0.717, 1.165) is 35.4 Å². The zero-order chi connectivity index (χ0) is 23.1. The Balaban J connectivity index is 1.53. The Morgan fingerprint density at radius 3 is 2.50 bits per heavy atom. The summed E-state index contributed by atoms with van der Waals surface area (Å²) >= 11 is 6.33. The number of pyridine rings is 1. The third kappa shape index (κ3) is 4.94. The average Bonchev–Trinajstić information content (AvgIpc) is 3.11. The minimum atomic E-state index is -4.48. The number of halogens is 4. The van der Waals surface area contributed by atoms with E-state index < -0.39 is 27.5 Å². The summed E-state index contributed by atoms with van der Waals surface area (Å²) < 4.78 is 65.7. The highest BCUT2D eigenvalue weighted by Crippen LogP contribution is 2.32. The van der Waals surface area contributed by atoms with Gasteiger partial charge in [0.25, 0.3) is 0 Å². The summed E-state index contributed by atoms with van der Waals surface area (Å²) in [5.41, 5.74) is 2.90. The molecule has 166 valence electrons. The zero-order valence-corrected chi connectivity index (χ0v) is 18.3. The van der Waals surface area contributed by atoms with E-state index in [0.29, 0.717) is 28.5 Å². The van der Waals surface area contributed by atoms with Gasteiger partial charge in [-0.1, -0.05) is 29.8 Å². The molecule has 0 atom stereocenters. The Bertz CT molecular complexity index is 1320. The van der Waals surface area contributed by atoms with Crippen molar-refractivity contribution in [1.82, 2.24) is 4.98 Å². The van der Waals surface area contributed by atoms with E-state index in [2.05, 4.69) is 14.7 Å². The molecule has 4 rings (SSSR count). The van der Waals surface area contributed by atoms with Crippen LogP contribution in [0.2, 0.25) is 5.02 Å². The molecular weight excluding hydrogens is 463 g/mol. The van der Waals surface area contributed by atoms with Gasteiger partial charge in [0.05, 0.1) is 17.0 Å². The van der Waals surface area contributed by atoms with Crippen molar-refractivity contribution in [2.45, 2.75) is 25.3 Å². The van der Waals surface area contributed by atoms with E-state index >= 15 is 0 Å². The number of hydrogen-bond acceptors (Lipinski definition) is 4. The third-order valence-electron chi connectivity index (χ3n) is 4.87. The lowest BCUT2D eigenvalue weighted by molar-refractivity contribution is -0.137. The van der Waals surface area contributed by atoms with Crippen LogP contribution in [0, 0.1) is 6.92 Å². The van der Waals surface area contributed by atoms with Gasteiger partial charge in [-0.3, -0.25) is 4.72 Å². The third-order valence-corrected chi connectivity index (χ3v) is 6.46. The fourth-order valence-corrected chi connectivity index (χ4v) is 4.81. The molecule has 0 amide bonds. The molecule has 0 aliphatic carbocycles. The molecule has 1 aromatic heterocycles. The van der Waals surface area contributed by atoms with Gasteiger partial charge < -0.3 is 0 Å². The number of nitrogens with zero attached hydrogens (tertiary/aromatic N) is 2. The van der Waals surface area contributed by atoms with Crippen LogP contribution in [0.4, 0.5) is 24.7 Å². The Labute approximate surface area is 188 Å². The average molecular weight is 480 g/mol. The van der Waals surface area contributed by atoms with Crippen LogP contribution in [0.5, 0.6) is 0 Å². The molecule has 0 fully saturated rings. The number of alkyl halides is 3. The van der Waals surface area contributed by atoms with E-state index in [-0.39, 0.29) is 11.3 Å². The first-order chi connectivity index (χ1) is 15.0. The van der Waals surface area contributed by atoms with Gasteiger partial charge >= 0.3 is 6.18 Å². The molecule has 10 heteroatoms.